The first kappa shape index (κ1) is 17.4. The minimum Gasteiger partial charge on any atom is -0.506 e. The average Bonchev–Trinajstić information content (AvgIpc) is 3.11. The van der Waals surface area contributed by atoms with E-state index in [0.29, 0.717) is 5.69 Å². The molecule has 0 saturated carbocycles. The van der Waals surface area contributed by atoms with Crippen molar-refractivity contribution in [3.05, 3.63) is 71.8 Å². The van der Waals surface area contributed by atoms with Crippen molar-refractivity contribution in [2.24, 2.45) is 10.2 Å². The second-order valence-electron chi connectivity index (χ2n) is 6.41. The molecule has 0 spiro atoms. The number of phenolic OH excluding ortho intramolecular Hbond substituents is 1. The van der Waals surface area contributed by atoms with Crippen molar-refractivity contribution in [2.45, 2.75) is 20.3 Å². The van der Waals surface area contributed by atoms with Crippen molar-refractivity contribution in [1.29, 1.82) is 0 Å². The molecular weight excluding hydrogens is 354 g/mol. The third-order valence-corrected chi connectivity index (χ3v) is 5.45. The van der Waals surface area contributed by atoms with Gasteiger partial charge in [0.25, 0.3) is 0 Å². The van der Waals surface area contributed by atoms with Crippen LogP contribution < -0.4 is 0 Å². The summed E-state index contributed by atoms with van der Waals surface area (Å²) in [5, 5.41) is 19.4. The van der Waals surface area contributed by atoms with Crippen LogP contribution in [0, 0.1) is 6.92 Å². The molecule has 4 rings (SSSR count). The lowest BCUT2D eigenvalue weighted by atomic mass is 10.1. The van der Waals surface area contributed by atoms with E-state index in [1.807, 2.05) is 36.4 Å². The fourth-order valence-corrected chi connectivity index (χ4v) is 3.88. The van der Waals surface area contributed by atoms with Gasteiger partial charge in [0, 0.05) is 5.56 Å². The number of azo groups is 1. The number of aromatic nitrogens is 1. The van der Waals surface area contributed by atoms with Crippen molar-refractivity contribution in [3.8, 4) is 16.3 Å². The summed E-state index contributed by atoms with van der Waals surface area (Å²) >= 11 is 1.69. The molecule has 0 saturated heterocycles. The van der Waals surface area contributed by atoms with Crippen LogP contribution in [0.25, 0.3) is 20.8 Å². The van der Waals surface area contributed by atoms with Gasteiger partial charge >= 0.3 is 0 Å². The molecule has 27 heavy (non-hydrogen) atoms. The summed E-state index contributed by atoms with van der Waals surface area (Å²) in [5.41, 5.74) is 5.66. The van der Waals surface area contributed by atoms with Gasteiger partial charge in [0.2, 0.25) is 0 Å². The normalized spacial score (nSPS) is 11.5. The number of phenols is 1. The monoisotopic (exact) mass is 373 g/mol. The Morgan fingerprint density at radius 3 is 2.56 bits per heavy atom. The Kier molecular flexibility index (Phi) is 4.69. The van der Waals surface area contributed by atoms with Crippen LogP contribution >= 0.6 is 11.3 Å². The fraction of sp³-hybridized carbons (Fsp3) is 0.136. The van der Waals surface area contributed by atoms with Crippen LogP contribution in [0.1, 0.15) is 18.1 Å². The zero-order chi connectivity index (χ0) is 18.8. The first-order valence-electron chi connectivity index (χ1n) is 8.83. The summed E-state index contributed by atoms with van der Waals surface area (Å²) in [5.74, 6) is 0.136. The number of hydrogen-bond acceptors (Lipinski definition) is 5. The molecule has 4 aromatic rings. The van der Waals surface area contributed by atoms with Gasteiger partial charge in [-0.3, -0.25) is 0 Å². The van der Waals surface area contributed by atoms with E-state index in [9.17, 15) is 5.11 Å². The summed E-state index contributed by atoms with van der Waals surface area (Å²) in [6.45, 7) is 4.15. The lowest BCUT2D eigenvalue weighted by Gasteiger charge is -2.01. The molecule has 0 fully saturated rings. The van der Waals surface area contributed by atoms with Gasteiger partial charge < -0.3 is 5.11 Å². The van der Waals surface area contributed by atoms with E-state index < -0.39 is 0 Å². The van der Waals surface area contributed by atoms with Gasteiger partial charge in [0.05, 0.1) is 15.9 Å². The average molecular weight is 373 g/mol. The predicted octanol–water partition coefficient (Wildman–Crippen LogP) is 6.96. The summed E-state index contributed by atoms with van der Waals surface area (Å²) < 4.78 is 1.19. The molecule has 0 atom stereocenters. The van der Waals surface area contributed by atoms with E-state index >= 15 is 0 Å². The van der Waals surface area contributed by atoms with Crippen molar-refractivity contribution in [2.75, 3.05) is 0 Å². The lowest BCUT2D eigenvalue weighted by Crippen LogP contribution is -1.78. The first-order valence-corrected chi connectivity index (χ1v) is 9.65. The molecule has 134 valence electrons. The van der Waals surface area contributed by atoms with Gasteiger partial charge in [-0.2, -0.15) is 5.11 Å². The molecule has 0 aliphatic heterocycles. The Labute approximate surface area is 161 Å². The third kappa shape index (κ3) is 3.73. The van der Waals surface area contributed by atoms with Crippen LogP contribution in [-0.4, -0.2) is 10.1 Å². The topological polar surface area (TPSA) is 57.8 Å². The highest BCUT2D eigenvalue weighted by molar-refractivity contribution is 7.21. The minimum atomic E-state index is 0.136. The highest BCUT2D eigenvalue weighted by Crippen LogP contribution is 2.33. The van der Waals surface area contributed by atoms with Gasteiger partial charge in [0.1, 0.15) is 16.4 Å². The van der Waals surface area contributed by atoms with Crippen LogP contribution in [0.2, 0.25) is 0 Å². The largest absolute Gasteiger partial charge is 0.506 e. The molecule has 1 heterocycles. The Morgan fingerprint density at radius 1 is 0.963 bits per heavy atom. The smallest absolute Gasteiger partial charge is 0.143 e. The summed E-state index contributed by atoms with van der Waals surface area (Å²) in [4.78, 5) is 4.71. The first-order chi connectivity index (χ1) is 13.1. The number of fused-ring (bicyclic) bond motifs is 1. The Hall–Kier alpha value is -3.05. The summed E-state index contributed by atoms with van der Waals surface area (Å²) in [7, 11) is 0. The molecule has 0 aliphatic rings. The second kappa shape index (κ2) is 7.29. The number of rotatable bonds is 4. The molecular formula is C22H19N3OS. The Bertz CT molecular complexity index is 1130. The van der Waals surface area contributed by atoms with Crippen LogP contribution in [0.3, 0.4) is 0 Å². The SMILES string of the molecule is CCc1ccc(O)c(N=Nc2ccc(-c3nc4ccc(C)cc4s3)cc2)c1. The van der Waals surface area contributed by atoms with Crippen molar-refractivity contribution in [3.63, 3.8) is 0 Å². The van der Waals surface area contributed by atoms with Gasteiger partial charge in [0.15, 0.2) is 0 Å². The van der Waals surface area contributed by atoms with Gasteiger partial charge in [-0.15, -0.1) is 16.5 Å². The lowest BCUT2D eigenvalue weighted by molar-refractivity contribution is 0.476. The van der Waals surface area contributed by atoms with Gasteiger partial charge in [-0.05, 0) is 73.0 Å². The third-order valence-electron chi connectivity index (χ3n) is 4.38. The van der Waals surface area contributed by atoms with E-state index in [-0.39, 0.29) is 5.75 Å². The molecule has 4 nitrogen and oxygen atoms in total. The van der Waals surface area contributed by atoms with Crippen LogP contribution in [0.5, 0.6) is 5.75 Å². The zero-order valence-corrected chi connectivity index (χ0v) is 16.0. The number of hydrogen-bond donors (Lipinski definition) is 1. The molecule has 1 N–H and O–H groups in total. The molecule has 0 bridgehead atoms. The van der Waals surface area contributed by atoms with Crippen LogP contribution in [-0.2, 0) is 6.42 Å². The standard InChI is InChI=1S/C22H19N3OS/c1-3-15-5-11-20(26)19(13-15)25-24-17-8-6-16(7-9-17)22-23-18-10-4-14(2)12-21(18)27-22/h4-13,26H,3H2,1-2H3. The maximum absolute atomic E-state index is 9.93. The van der Waals surface area contributed by atoms with Gasteiger partial charge in [-0.25, -0.2) is 4.98 Å². The molecule has 5 heteroatoms. The molecule has 1 aromatic heterocycles. The maximum Gasteiger partial charge on any atom is 0.143 e. The van der Waals surface area contributed by atoms with E-state index in [2.05, 4.69) is 42.3 Å². The maximum atomic E-state index is 9.93. The molecule has 0 aliphatic carbocycles. The number of nitrogens with zero attached hydrogens (tertiary/aromatic N) is 3. The number of thiazole rings is 1. The van der Waals surface area contributed by atoms with Crippen molar-refractivity contribution < 1.29 is 5.11 Å². The van der Waals surface area contributed by atoms with E-state index in [4.69, 9.17) is 4.98 Å². The number of benzene rings is 3. The number of aryl methyl sites for hydroxylation is 2. The second-order valence-corrected chi connectivity index (χ2v) is 7.44. The fourth-order valence-electron chi connectivity index (χ4n) is 2.81. The zero-order valence-electron chi connectivity index (χ0n) is 15.2. The molecule has 0 amide bonds. The number of aromatic hydroxyl groups is 1. The van der Waals surface area contributed by atoms with Gasteiger partial charge in [-0.1, -0.05) is 19.1 Å². The summed E-state index contributed by atoms with van der Waals surface area (Å²) in [6.07, 6.45) is 0.888. The predicted molar refractivity (Wildman–Crippen MR) is 111 cm³/mol. The van der Waals surface area contributed by atoms with Crippen LogP contribution in [0.15, 0.2) is 70.9 Å². The molecule has 0 unspecified atom stereocenters. The van der Waals surface area contributed by atoms with Crippen molar-refractivity contribution >= 4 is 32.9 Å². The summed E-state index contributed by atoms with van der Waals surface area (Å²) in [6, 6.07) is 19.5. The highest BCUT2D eigenvalue weighted by Gasteiger charge is 2.07. The molecule has 3 aromatic carbocycles. The van der Waals surface area contributed by atoms with Crippen LogP contribution in [0.4, 0.5) is 11.4 Å². The van der Waals surface area contributed by atoms with Crippen molar-refractivity contribution in [1.82, 2.24) is 4.98 Å². The quantitative estimate of drug-likeness (QED) is 0.393. The Morgan fingerprint density at radius 2 is 1.78 bits per heavy atom. The van der Waals surface area contributed by atoms with E-state index in [1.54, 1.807) is 17.4 Å². The highest BCUT2D eigenvalue weighted by atomic mass is 32.1. The minimum absolute atomic E-state index is 0.136. The Balaban J connectivity index is 1.58. The molecule has 0 radical (unpaired) electrons. The van der Waals surface area contributed by atoms with E-state index in [0.717, 1.165) is 33.8 Å². The van der Waals surface area contributed by atoms with E-state index in [1.165, 1.54) is 10.3 Å².